The molecule has 0 aliphatic carbocycles. The van der Waals surface area contributed by atoms with Gasteiger partial charge in [0.05, 0.1) is 17.1 Å². The Labute approximate surface area is 375 Å². The third-order valence-electron chi connectivity index (χ3n) is 10.1. The van der Waals surface area contributed by atoms with Gasteiger partial charge in [0.1, 0.15) is 17.0 Å². The third kappa shape index (κ3) is 9.53. The lowest BCUT2D eigenvalue weighted by molar-refractivity contribution is 0.409. The highest BCUT2D eigenvalue weighted by Gasteiger charge is 2.19. The smallest absolute Gasteiger partial charge is 0.144 e. The number of benzene rings is 5. The summed E-state index contributed by atoms with van der Waals surface area (Å²) in [6, 6.07) is 38.4. The van der Waals surface area contributed by atoms with Gasteiger partial charge in [-0.3, -0.25) is 15.0 Å². The molecule has 9 rings (SSSR count). The van der Waals surface area contributed by atoms with Crippen LogP contribution in [0.3, 0.4) is 0 Å². The molecule has 61 heavy (non-hydrogen) atoms. The van der Waals surface area contributed by atoms with Crippen LogP contribution in [0.2, 0.25) is 0 Å². The minimum absolute atomic E-state index is 0.159. The Bertz CT molecular complexity index is 3360. The summed E-state index contributed by atoms with van der Waals surface area (Å²) in [5, 5.41) is 1.38. The number of nitrogens with zero attached hydrogens (tertiary/aromatic N) is 3. The minimum Gasteiger partial charge on any atom is -0.455 e. The van der Waals surface area contributed by atoms with E-state index in [0.717, 1.165) is 29.3 Å². The molecular weight excluding hydrogens is 750 g/mol. The quantitative estimate of drug-likeness (QED) is 0.116. The summed E-state index contributed by atoms with van der Waals surface area (Å²) in [6.07, 6.45) is -14.3. The number of para-hydroxylation sites is 1. The summed E-state index contributed by atoms with van der Waals surface area (Å²) >= 11 is 0. The second-order valence-corrected chi connectivity index (χ2v) is 16.0. The lowest BCUT2D eigenvalue weighted by Crippen LogP contribution is -2.12. The van der Waals surface area contributed by atoms with Crippen LogP contribution in [0.25, 0.3) is 55.7 Å². The Hall–Kier alpha value is -6.72. The van der Waals surface area contributed by atoms with Crippen LogP contribution < -0.4 is 0 Å². The first kappa shape index (κ1) is 27.9. The van der Waals surface area contributed by atoms with Gasteiger partial charge in [0.25, 0.3) is 0 Å². The van der Waals surface area contributed by atoms with Gasteiger partial charge < -0.3 is 4.42 Å². The van der Waals surface area contributed by atoms with E-state index >= 15 is 0 Å². The van der Waals surface area contributed by atoms with Crippen LogP contribution in [0.1, 0.15) is 76.2 Å². The van der Waals surface area contributed by atoms with Crippen molar-refractivity contribution in [3.05, 3.63) is 209 Å². The Balaban J connectivity index is 1.18. The number of rotatable bonds is 13. The van der Waals surface area contributed by atoms with Gasteiger partial charge in [0, 0.05) is 68.6 Å². The third-order valence-corrected chi connectivity index (χ3v) is 10.1. The lowest BCUT2D eigenvalue weighted by Gasteiger charge is -2.21. The van der Waals surface area contributed by atoms with Crippen molar-refractivity contribution in [3.63, 3.8) is 0 Å². The maximum absolute atomic E-state index is 14.3. The van der Waals surface area contributed by atoms with E-state index in [-0.39, 0.29) is 23.1 Å². The predicted molar refractivity (Wildman–Crippen MR) is 248 cm³/mol. The van der Waals surface area contributed by atoms with E-state index in [1.54, 1.807) is 36.4 Å². The molecule has 0 unspecified atom stereocenters. The van der Waals surface area contributed by atoms with Gasteiger partial charge in [-0.25, -0.2) is 4.39 Å². The van der Waals surface area contributed by atoms with Crippen molar-refractivity contribution in [3.8, 4) is 33.8 Å². The maximum atomic E-state index is 14.3. The Morgan fingerprint density at radius 3 is 1.61 bits per heavy atom. The number of hydrogen-bond donors (Lipinski definition) is 0. The van der Waals surface area contributed by atoms with Crippen LogP contribution in [0.4, 0.5) is 4.39 Å². The molecule has 0 atom stereocenters. The van der Waals surface area contributed by atoms with Gasteiger partial charge in [0.2, 0.25) is 0 Å². The molecule has 0 fully saturated rings. The molecule has 0 aliphatic heterocycles. The fourth-order valence-electron chi connectivity index (χ4n) is 7.22. The van der Waals surface area contributed by atoms with Crippen molar-refractivity contribution in [2.75, 3.05) is 0 Å². The topological polar surface area (TPSA) is 51.8 Å². The SMILES string of the molecule is [2H]C([2H])(c1ccc(-c2ccccc2)nc1)C([2H])([2H])c1cc(C([2H])([2H])C([2H])([2H])c2ccc(-c3ccccc3)nc2)cc(C([2H])([2H])C([2H])([2H])c2cnc(-c3cccc4c3oc3cc(F)ccc34)cc2CC(C)(C)C)c1. The van der Waals surface area contributed by atoms with Crippen LogP contribution in [-0.2, 0) is 44.7 Å². The highest BCUT2D eigenvalue weighted by Crippen LogP contribution is 2.37. The van der Waals surface area contributed by atoms with Gasteiger partial charge in [0.15, 0.2) is 0 Å². The molecule has 0 aliphatic rings. The van der Waals surface area contributed by atoms with Crippen molar-refractivity contribution in [2.45, 2.75) is 65.4 Å². The predicted octanol–water partition coefficient (Wildman–Crippen LogP) is 13.9. The monoisotopic (exact) mass is 811 g/mol. The van der Waals surface area contributed by atoms with E-state index in [1.807, 2.05) is 87.5 Å². The zero-order chi connectivity index (χ0) is 52.5. The average Bonchev–Trinajstić information content (AvgIpc) is 3.74. The van der Waals surface area contributed by atoms with E-state index in [0.29, 0.717) is 50.1 Å². The second kappa shape index (κ2) is 17.5. The van der Waals surface area contributed by atoms with Gasteiger partial charge in [-0.05, 0) is 125 Å². The summed E-state index contributed by atoms with van der Waals surface area (Å²) in [6.45, 7) is 5.81. The summed E-state index contributed by atoms with van der Waals surface area (Å²) in [5.41, 5.74) is 1.75. The fraction of sp³-hybridized carbons (Fsp3) is 0.196. The largest absolute Gasteiger partial charge is 0.455 e. The number of halogens is 1. The summed E-state index contributed by atoms with van der Waals surface area (Å²) < 4.78 is 135. The molecule has 0 saturated heterocycles. The minimum atomic E-state index is -3.15. The molecule has 5 aromatic carbocycles. The highest BCUT2D eigenvalue weighted by molar-refractivity contribution is 6.09. The standard InChI is InChI=1S/C56H50FN3O/c1-56(2,3)34-46-32-53(50-16-10-15-49-48-26-25-47(57)33-54(48)61-55(49)50)60-37-45(46)24-21-42-30-40(19-17-38-22-27-51(58-35-38)43-11-6-4-7-12-43)29-41(31-42)20-18-39-23-28-52(59-36-39)44-13-8-5-9-14-44/h4-16,22-23,25-33,35-37H,17-21,24,34H2,1-3H3/i17D2,18D2,19D2,20D2,21D2,24D2. The molecular formula is C56H50FN3O. The zero-order valence-electron chi connectivity index (χ0n) is 45.9. The Kier molecular flexibility index (Phi) is 8.00. The average molecular weight is 812 g/mol. The van der Waals surface area contributed by atoms with Gasteiger partial charge in [-0.15, -0.1) is 0 Å². The Morgan fingerprint density at radius 2 is 1.05 bits per heavy atom. The zero-order valence-corrected chi connectivity index (χ0v) is 33.9. The van der Waals surface area contributed by atoms with Crippen molar-refractivity contribution < 1.29 is 25.3 Å². The van der Waals surface area contributed by atoms with Crippen LogP contribution >= 0.6 is 0 Å². The second-order valence-electron chi connectivity index (χ2n) is 16.0. The Morgan fingerprint density at radius 1 is 0.492 bits per heavy atom. The first-order valence-corrected chi connectivity index (χ1v) is 20.0. The van der Waals surface area contributed by atoms with Crippen molar-refractivity contribution in [1.29, 1.82) is 0 Å². The number of pyridine rings is 3. The van der Waals surface area contributed by atoms with Crippen LogP contribution in [0, 0.1) is 11.2 Å². The summed E-state index contributed by atoms with van der Waals surface area (Å²) in [4.78, 5) is 13.5. The summed E-state index contributed by atoms with van der Waals surface area (Å²) in [5.74, 6) is -0.473. The molecule has 4 aromatic heterocycles. The molecule has 4 nitrogen and oxygen atoms in total. The first-order valence-electron chi connectivity index (χ1n) is 26.0. The number of aryl methyl sites for hydroxylation is 6. The van der Waals surface area contributed by atoms with Gasteiger partial charge >= 0.3 is 0 Å². The first-order chi connectivity index (χ1) is 34.2. The van der Waals surface area contributed by atoms with E-state index in [4.69, 9.17) is 4.42 Å². The normalized spacial score (nSPS) is 16.1. The van der Waals surface area contributed by atoms with Crippen molar-refractivity contribution in [2.24, 2.45) is 5.41 Å². The van der Waals surface area contributed by atoms with E-state index in [9.17, 15) is 20.8 Å². The van der Waals surface area contributed by atoms with E-state index in [2.05, 4.69) is 15.0 Å². The molecule has 5 heteroatoms. The number of fused-ring (bicyclic) bond motifs is 3. The number of hydrogen-bond acceptors (Lipinski definition) is 4. The molecule has 0 spiro atoms. The molecule has 302 valence electrons. The molecule has 0 saturated carbocycles. The van der Waals surface area contributed by atoms with E-state index in [1.165, 1.54) is 42.9 Å². The lowest BCUT2D eigenvalue weighted by atomic mass is 9.85. The molecule has 0 radical (unpaired) electrons. The van der Waals surface area contributed by atoms with Gasteiger partial charge in [-0.1, -0.05) is 124 Å². The summed E-state index contributed by atoms with van der Waals surface area (Å²) in [7, 11) is 0. The highest BCUT2D eigenvalue weighted by atomic mass is 19.1. The molecule has 9 aromatic rings. The van der Waals surface area contributed by atoms with Crippen molar-refractivity contribution >= 4 is 21.9 Å². The molecule has 0 amide bonds. The van der Waals surface area contributed by atoms with Crippen LogP contribution in [-0.4, -0.2) is 15.0 Å². The van der Waals surface area contributed by atoms with Crippen LogP contribution in [0.5, 0.6) is 0 Å². The fourth-order valence-corrected chi connectivity index (χ4v) is 7.22. The molecule has 4 heterocycles. The van der Waals surface area contributed by atoms with Crippen LogP contribution in [0.15, 0.2) is 169 Å². The number of aromatic nitrogens is 3. The molecule has 0 N–H and O–H groups in total. The van der Waals surface area contributed by atoms with E-state index < -0.39 is 66.2 Å². The maximum Gasteiger partial charge on any atom is 0.144 e. The van der Waals surface area contributed by atoms with Gasteiger partial charge in [-0.2, -0.15) is 0 Å². The van der Waals surface area contributed by atoms with Crippen molar-refractivity contribution in [1.82, 2.24) is 15.0 Å². The number of furan rings is 1. The molecule has 0 bridgehead atoms.